The van der Waals surface area contributed by atoms with Crippen LogP contribution in [0.5, 0.6) is 5.75 Å². The number of amides is 1. The first-order valence-corrected chi connectivity index (χ1v) is 8.76. The Kier molecular flexibility index (Phi) is 5.07. The summed E-state index contributed by atoms with van der Waals surface area (Å²) in [5, 5.41) is 9.64. The van der Waals surface area contributed by atoms with Crippen LogP contribution in [0, 0.1) is 11.8 Å². The number of aliphatic carboxylic acids is 1. The summed E-state index contributed by atoms with van der Waals surface area (Å²) in [5.74, 6) is -0.728. The third kappa shape index (κ3) is 3.25. The highest BCUT2D eigenvalue weighted by atomic mass is 16.5. The van der Waals surface area contributed by atoms with E-state index in [0.717, 1.165) is 31.2 Å². The van der Waals surface area contributed by atoms with E-state index in [1.165, 1.54) is 6.42 Å². The lowest BCUT2D eigenvalue weighted by molar-refractivity contribution is -0.142. The van der Waals surface area contributed by atoms with Crippen molar-refractivity contribution in [1.29, 1.82) is 0 Å². The number of carboxylic acids is 1. The predicted molar refractivity (Wildman–Crippen MR) is 90.0 cm³/mol. The van der Waals surface area contributed by atoms with E-state index >= 15 is 0 Å². The summed E-state index contributed by atoms with van der Waals surface area (Å²) in [5.41, 5.74) is 0.881. The summed E-state index contributed by atoms with van der Waals surface area (Å²) in [6.45, 7) is 0.764. The summed E-state index contributed by atoms with van der Waals surface area (Å²) >= 11 is 0. The van der Waals surface area contributed by atoms with Gasteiger partial charge in [0.05, 0.1) is 13.0 Å². The van der Waals surface area contributed by atoms with Crippen LogP contribution in [0.4, 0.5) is 0 Å². The molecule has 1 aliphatic heterocycles. The van der Waals surface area contributed by atoms with Crippen LogP contribution < -0.4 is 4.74 Å². The number of benzene rings is 1. The van der Waals surface area contributed by atoms with Crippen molar-refractivity contribution >= 4 is 11.9 Å². The Hall–Kier alpha value is -2.04. The monoisotopic (exact) mass is 331 g/mol. The number of likely N-dealkylation sites (tertiary alicyclic amines) is 1. The summed E-state index contributed by atoms with van der Waals surface area (Å²) in [4.78, 5) is 26.3. The molecule has 24 heavy (non-hydrogen) atoms. The standard InChI is InChI=1S/C19H25NO4/c1-24-17-10-6-5-9-14(17)15-11-20(12-16(15)19(22)23)18(21)13-7-3-2-4-8-13/h5-6,9-10,13,15-16H,2-4,7-8,11-12H2,1H3,(H,22,23)/t15-,16+/m0/s1. The summed E-state index contributed by atoms with van der Waals surface area (Å²) in [6.07, 6.45) is 5.27. The van der Waals surface area contributed by atoms with Gasteiger partial charge in [-0.25, -0.2) is 0 Å². The number of carbonyl (C=O) groups excluding carboxylic acids is 1. The van der Waals surface area contributed by atoms with Gasteiger partial charge in [-0.1, -0.05) is 37.5 Å². The van der Waals surface area contributed by atoms with Gasteiger partial charge in [-0.05, 0) is 24.5 Å². The summed E-state index contributed by atoms with van der Waals surface area (Å²) < 4.78 is 5.40. The summed E-state index contributed by atoms with van der Waals surface area (Å²) in [6, 6.07) is 7.52. The summed E-state index contributed by atoms with van der Waals surface area (Å²) in [7, 11) is 1.59. The van der Waals surface area contributed by atoms with E-state index in [4.69, 9.17) is 4.74 Å². The molecular weight excluding hydrogens is 306 g/mol. The molecule has 1 heterocycles. The van der Waals surface area contributed by atoms with Crippen molar-refractivity contribution in [2.75, 3.05) is 20.2 Å². The molecule has 0 bridgehead atoms. The average Bonchev–Trinajstić information content (AvgIpc) is 3.07. The Morgan fingerprint density at radius 3 is 2.50 bits per heavy atom. The fraction of sp³-hybridized carbons (Fsp3) is 0.579. The third-order valence-electron chi connectivity index (χ3n) is 5.44. The number of carboxylic acid groups (broad SMARTS) is 1. The molecule has 0 spiro atoms. The molecule has 1 N–H and O–H groups in total. The van der Waals surface area contributed by atoms with E-state index < -0.39 is 11.9 Å². The largest absolute Gasteiger partial charge is 0.496 e. The number of rotatable bonds is 4. The molecular formula is C19H25NO4. The van der Waals surface area contributed by atoms with Gasteiger partial charge in [-0.3, -0.25) is 9.59 Å². The number of carbonyl (C=O) groups is 2. The van der Waals surface area contributed by atoms with Crippen LogP contribution in [0.2, 0.25) is 0 Å². The molecule has 1 aromatic rings. The average molecular weight is 331 g/mol. The van der Waals surface area contributed by atoms with E-state index in [0.29, 0.717) is 18.8 Å². The van der Waals surface area contributed by atoms with Crippen molar-refractivity contribution in [3.8, 4) is 5.75 Å². The molecule has 130 valence electrons. The highest BCUT2D eigenvalue weighted by Gasteiger charge is 2.42. The normalized spacial score (nSPS) is 24.8. The molecule has 0 radical (unpaired) electrons. The zero-order valence-corrected chi connectivity index (χ0v) is 14.1. The first-order valence-electron chi connectivity index (χ1n) is 8.76. The zero-order valence-electron chi connectivity index (χ0n) is 14.1. The van der Waals surface area contributed by atoms with Crippen LogP contribution >= 0.6 is 0 Å². The molecule has 1 amide bonds. The maximum Gasteiger partial charge on any atom is 0.308 e. The van der Waals surface area contributed by atoms with Gasteiger partial charge in [0.2, 0.25) is 5.91 Å². The highest BCUT2D eigenvalue weighted by Crippen LogP contribution is 2.39. The molecule has 0 unspecified atom stereocenters. The van der Waals surface area contributed by atoms with E-state index in [9.17, 15) is 14.7 Å². The zero-order chi connectivity index (χ0) is 17.1. The Bertz CT molecular complexity index is 609. The first kappa shape index (κ1) is 16.8. The molecule has 5 heteroatoms. The predicted octanol–water partition coefficient (Wildman–Crippen LogP) is 2.90. The minimum absolute atomic E-state index is 0.0737. The van der Waals surface area contributed by atoms with Gasteiger partial charge in [0.15, 0.2) is 0 Å². The van der Waals surface area contributed by atoms with Crippen LogP contribution in [-0.4, -0.2) is 42.1 Å². The second kappa shape index (κ2) is 7.24. The van der Waals surface area contributed by atoms with Gasteiger partial charge >= 0.3 is 5.97 Å². The van der Waals surface area contributed by atoms with E-state index in [-0.39, 0.29) is 17.7 Å². The minimum atomic E-state index is -0.843. The molecule has 1 aliphatic carbocycles. The van der Waals surface area contributed by atoms with Gasteiger partial charge in [0.25, 0.3) is 0 Å². The maximum absolute atomic E-state index is 12.8. The van der Waals surface area contributed by atoms with Crippen molar-refractivity contribution in [2.45, 2.75) is 38.0 Å². The number of ether oxygens (including phenoxy) is 1. The number of para-hydroxylation sites is 1. The van der Waals surface area contributed by atoms with E-state index in [2.05, 4.69) is 0 Å². The van der Waals surface area contributed by atoms with Gasteiger partial charge in [0.1, 0.15) is 5.75 Å². The van der Waals surface area contributed by atoms with Crippen LogP contribution in [0.3, 0.4) is 0 Å². The van der Waals surface area contributed by atoms with Crippen molar-refractivity contribution in [3.63, 3.8) is 0 Å². The maximum atomic E-state index is 12.8. The molecule has 5 nitrogen and oxygen atoms in total. The van der Waals surface area contributed by atoms with Crippen molar-refractivity contribution in [3.05, 3.63) is 29.8 Å². The smallest absolute Gasteiger partial charge is 0.308 e. The Labute approximate surface area is 142 Å². The van der Waals surface area contributed by atoms with Crippen LogP contribution in [0.25, 0.3) is 0 Å². The second-order valence-corrected chi connectivity index (χ2v) is 6.87. The topological polar surface area (TPSA) is 66.8 Å². The SMILES string of the molecule is COc1ccccc1[C@@H]1CN(C(=O)C2CCCCC2)C[C@H]1C(=O)O. The lowest BCUT2D eigenvalue weighted by atomic mass is 9.88. The van der Waals surface area contributed by atoms with Crippen LogP contribution in [-0.2, 0) is 9.59 Å². The number of methoxy groups -OCH3 is 1. The Balaban J connectivity index is 1.81. The molecule has 2 atom stereocenters. The quantitative estimate of drug-likeness (QED) is 0.921. The van der Waals surface area contributed by atoms with Crippen molar-refractivity contribution in [1.82, 2.24) is 4.90 Å². The number of nitrogens with zero attached hydrogens (tertiary/aromatic N) is 1. The molecule has 0 aromatic heterocycles. The van der Waals surface area contributed by atoms with Gasteiger partial charge in [0, 0.05) is 24.9 Å². The fourth-order valence-electron chi connectivity index (χ4n) is 4.13. The molecule has 3 rings (SSSR count). The van der Waals surface area contributed by atoms with Gasteiger partial charge in [-0.15, -0.1) is 0 Å². The van der Waals surface area contributed by atoms with Crippen molar-refractivity contribution in [2.24, 2.45) is 11.8 Å². The van der Waals surface area contributed by atoms with Crippen LogP contribution in [0.15, 0.2) is 24.3 Å². The molecule has 1 saturated heterocycles. The van der Waals surface area contributed by atoms with Crippen molar-refractivity contribution < 1.29 is 19.4 Å². The van der Waals surface area contributed by atoms with E-state index in [1.54, 1.807) is 12.0 Å². The lowest BCUT2D eigenvalue weighted by Gasteiger charge is -2.26. The first-order chi connectivity index (χ1) is 11.6. The Morgan fingerprint density at radius 1 is 1.12 bits per heavy atom. The fourth-order valence-corrected chi connectivity index (χ4v) is 4.13. The minimum Gasteiger partial charge on any atom is -0.496 e. The van der Waals surface area contributed by atoms with E-state index in [1.807, 2.05) is 24.3 Å². The second-order valence-electron chi connectivity index (χ2n) is 6.87. The van der Waals surface area contributed by atoms with Gasteiger partial charge in [-0.2, -0.15) is 0 Å². The number of hydrogen-bond donors (Lipinski definition) is 1. The highest BCUT2D eigenvalue weighted by molar-refractivity contribution is 5.81. The van der Waals surface area contributed by atoms with Crippen LogP contribution in [0.1, 0.15) is 43.6 Å². The van der Waals surface area contributed by atoms with Gasteiger partial charge < -0.3 is 14.7 Å². The number of hydrogen-bond acceptors (Lipinski definition) is 3. The Morgan fingerprint density at radius 2 is 1.83 bits per heavy atom. The lowest BCUT2D eigenvalue weighted by Crippen LogP contribution is -2.36. The molecule has 2 aliphatic rings. The molecule has 1 saturated carbocycles. The molecule has 1 aromatic carbocycles. The third-order valence-corrected chi connectivity index (χ3v) is 5.44. The molecule has 2 fully saturated rings.